The number of unbranched alkanes of at least 4 members (excludes halogenated alkanes) is 19. The number of amides is 1. The minimum absolute atomic E-state index is 0.0909. The number of aliphatic hydroxyl groups excluding tert-OH is 5. The lowest BCUT2D eigenvalue weighted by molar-refractivity contribution is -0.305. The number of hydrogen-bond donors (Lipinski definition) is 6. The van der Waals surface area contributed by atoms with Crippen molar-refractivity contribution in [3.8, 4) is 0 Å². The molecule has 8 atom stereocenters. The van der Waals surface area contributed by atoms with Crippen LogP contribution in [-0.4, -0.2) is 99.6 Å². The number of aliphatic hydroxyl groups is 5. The van der Waals surface area contributed by atoms with Gasteiger partial charge < -0.3 is 45.1 Å². The van der Waals surface area contributed by atoms with E-state index in [1.807, 2.05) is 6.08 Å². The molecule has 0 aliphatic carbocycles. The fourth-order valence-corrected chi connectivity index (χ4v) is 9.50. The maximum Gasteiger partial charge on any atom is 0.306 e. The summed E-state index contributed by atoms with van der Waals surface area (Å²) in [6.45, 7) is 5.53. The summed E-state index contributed by atoms with van der Waals surface area (Å²) < 4.78 is 17.6. The lowest BCUT2D eigenvalue weighted by Gasteiger charge is -2.41. The molecule has 1 fully saturated rings. The van der Waals surface area contributed by atoms with Crippen LogP contribution in [0.25, 0.3) is 0 Å². The Bertz CT molecular complexity index is 1940. The van der Waals surface area contributed by atoms with Gasteiger partial charge in [0.15, 0.2) is 12.4 Å². The van der Waals surface area contributed by atoms with E-state index in [4.69, 9.17) is 14.2 Å². The number of allylic oxidation sites excluding steroid dienone is 23. The number of hydrogen-bond acceptors (Lipinski definition) is 10. The molecule has 1 amide bonds. The van der Waals surface area contributed by atoms with Crippen LogP contribution in [0.4, 0.5) is 0 Å². The lowest BCUT2D eigenvalue weighted by atomic mass is 9.99. The molecule has 1 aliphatic heterocycles. The Kier molecular flexibility index (Phi) is 55.3. The molecule has 11 heteroatoms. The first kappa shape index (κ1) is 78.6. The molecule has 0 saturated carbocycles. The molecular weight excluding hydrogens is 1060 g/mol. The second-order valence-electron chi connectivity index (χ2n) is 22.4. The van der Waals surface area contributed by atoms with E-state index in [-0.39, 0.29) is 19.4 Å². The second-order valence-corrected chi connectivity index (χ2v) is 22.4. The zero-order chi connectivity index (χ0) is 61.7. The summed E-state index contributed by atoms with van der Waals surface area (Å²) in [5, 5.41) is 57.1. The van der Waals surface area contributed by atoms with Crippen molar-refractivity contribution in [1.82, 2.24) is 5.32 Å². The van der Waals surface area contributed by atoms with Crippen LogP contribution < -0.4 is 5.32 Å². The Balaban J connectivity index is 2.64. The number of carbonyl (C=O) groups is 2. The third-order valence-electron chi connectivity index (χ3n) is 14.7. The molecule has 85 heavy (non-hydrogen) atoms. The standard InChI is InChI=1S/C74H121NO10/c1-4-7-10-13-16-19-22-24-26-28-30-32-33-34-36-37-39-41-43-46-49-52-55-58-61-67(78)73(82)75-65(66(77)60-57-54-51-48-45-21-18-15-12-9-6-3)64-83-74-72(71(81)70(80)68(63-76)84-74)85-69(79)62-59-56-53-50-47-44-42-40-38-35-31-29-27-25-23-20-17-14-11-8-5-2/h7-8,10-11,16-17,19-20,24-27,30-32,34-36,39-42,57,60,65-68,70-72,74,76-78,80-81H,4-6,9,12-15,18,21-23,28-29,33,37-38,43-56,58-59,61-64H2,1-3H3,(H,75,82)/b10-7-,11-8-,19-16-,20-17-,26-24-,27-25-,32-30-,35-31-,36-34-,41-39-,42-40-,60-57+. The Labute approximate surface area is 517 Å². The molecule has 1 heterocycles. The number of carbonyl (C=O) groups excluding carboxylic acids is 2. The fraction of sp³-hybridized carbons (Fsp3) is 0.649. The number of esters is 1. The Morgan fingerprint density at radius 1 is 0.471 bits per heavy atom. The Hall–Kier alpha value is -4.46. The third-order valence-corrected chi connectivity index (χ3v) is 14.7. The minimum atomic E-state index is -1.64. The Morgan fingerprint density at radius 3 is 1.27 bits per heavy atom. The first-order valence-electron chi connectivity index (χ1n) is 33.6. The van der Waals surface area contributed by atoms with E-state index < -0.39 is 67.4 Å². The van der Waals surface area contributed by atoms with Gasteiger partial charge in [0, 0.05) is 6.42 Å². The molecule has 6 N–H and O–H groups in total. The normalized spacial score (nSPS) is 19.4. The number of nitrogens with one attached hydrogen (secondary N) is 1. The molecule has 8 unspecified atom stereocenters. The van der Waals surface area contributed by atoms with Crippen molar-refractivity contribution in [2.24, 2.45) is 0 Å². The quantitative estimate of drug-likeness (QED) is 0.0195. The number of ether oxygens (including phenoxy) is 3. The van der Waals surface area contributed by atoms with Crippen LogP contribution in [0.5, 0.6) is 0 Å². The van der Waals surface area contributed by atoms with Crippen molar-refractivity contribution in [1.29, 1.82) is 0 Å². The average Bonchev–Trinajstić information content (AvgIpc) is 3.69. The number of rotatable bonds is 55. The highest BCUT2D eigenvalue weighted by Crippen LogP contribution is 2.26. The predicted molar refractivity (Wildman–Crippen MR) is 356 cm³/mol. The van der Waals surface area contributed by atoms with Crippen molar-refractivity contribution in [2.75, 3.05) is 13.2 Å². The summed E-state index contributed by atoms with van der Waals surface area (Å²) in [4.78, 5) is 26.6. The van der Waals surface area contributed by atoms with Crippen LogP contribution in [-0.2, 0) is 23.8 Å². The summed E-state index contributed by atoms with van der Waals surface area (Å²) >= 11 is 0. The largest absolute Gasteiger partial charge is 0.454 e. The van der Waals surface area contributed by atoms with Gasteiger partial charge in [0.1, 0.15) is 24.4 Å². The highest BCUT2D eigenvalue weighted by Gasteiger charge is 2.47. The topological polar surface area (TPSA) is 175 Å². The molecule has 0 radical (unpaired) electrons. The van der Waals surface area contributed by atoms with Gasteiger partial charge in [-0.1, -0.05) is 263 Å². The van der Waals surface area contributed by atoms with E-state index in [1.165, 1.54) is 38.5 Å². The van der Waals surface area contributed by atoms with Gasteiger partial charge in [0.2, 0.25) is 5.91 Å². The molecule has 0 aromatic heterocycles. The molecule has 0 bridgehead atoms. The van der Waals surface area contributed by atoms with Crippen molar-refractivity contribution in [2.45, 2.75) is 294 Å². The summed E-state index contributed by atoms with van der Waals surface area (Å²) in [5.41, 5.74) is 0. The van der Waals surface area contributed by atoms with Crippen molar-refractivity contribution < 1.29 is 49.3 Å². The predicted octanol–water partition coefficient (Wildman–Crippen LogP) is 16.9. The molecule has 0 spiro atoms. The van der Waals surface area contributed by atoms with Crippen LogP contribution >= 0.6 is 0 Å². The molecule has 482 valence electrons. The zero-order valence-electron chi connectivity index (χ0n) is 53.4. The van der Waals surface area contributed by atoms with Gasteiger partial charge in [-0.25, -0.2) is 0 Å². The van der Waals surface area contributed by atoms with Gasteiger partial charge in [0.05, 0.1) is 25.4 Å². The van der Waals surface area contributed by atoms with Gasteiger partial charge in [-0.3, -0.25) is 9.59 Å². The fourth-order valence-electron chi connectivity index (χ4n) is 9.50. The lowest BCUT2D eigenvalue weighted by Crippen LogP contribution is -2.61. The maximum absolute atomic E-state index is 13.5. The van der Waals surface area contributed by atoms with E-state index in [0.29, 0.717) is 12.8 Å². The van der Waals surface area contributed by atoms with E-state index >= 15 is 0 Å². The third kappa shape index (κ3) is 47.3. The summed E-state index contributed by atoms with van der Waals surface area (Å²) in [6, 6.07) is -1.05. The van der Waals surface area contributed by atoms with E-state index in [0.717, 1.165) is 161 Å². The monoisotopic (exact) mass is 1180 g/mol. The minimum Gasteiger partial charge on any atom is -0.454 e. The van der Waals surface area contributed by atoms with E-state index in [2.05, 4.69) is 160 Å². The van der Waals surface area contributed by atoms with Crippen LogP contribution in [0, 0.1) is 0 Å². The highest BCUT2D eigenvalue weighted by molar-refractivity contribution is 5.80. The van der Waals surface area contributed by atoms with Gasteiger partial charge in [0.25, 0.3) is 0 Å². The average molecular weight is 1180 g/mol. The van der Waals surface area contributed by atoms with Crippen LogP contribution in [0.15, 0.2) is 146 Å². The highest BCUT2D eigenvalue weighted by atomic mass is 16.7. The first-order chi connectivity index (χ1) is 41.7. The van der Waals surface area contributed by atoms with Crippen LogP contribution in [0.2, 0.25) is 0 Å². The summed E-state index contributed by atoms with van der Waals surface area (Å²) in [5.74, 6) is -1.24. The Morgan fingerprint density at radius 2 is 0.847 bits per heavy atom. The SMILES string of the molecule is CC/C=C\C/C=C\C/C=C\C/C=C\C/C=C\C/C=C\CCCCCCCC(O)C(=O)NC(COC1OC(CO)C(O)C(O)C1OC(=O)CCCCCCC/C=C\C/C=C\C/C=C\C/C=C\C/C=C\CC)C(O)/C=C/CCCCCCCCCCC. The van der Waals surface area contributed by atoms with Crippen LogP contribution in [0.1, 0.15) is 245 Å². The van der Waals surface area contributed by atoms with Crippen molar-refractivity contribution in [3.63, 3.8) is 0 Å². The molecular formula is C74H121NO10. The molecule has 1 rings (SSSR count). The zero-order valence-corrected chi connectivity index (χ0v) is 53.4. The van der Waals surface area contributed by atoms with Crippen LogP contribution in [0.3, 0.4) is 0 Å². The van der Waals surface area contributed by atoms with Gasteiger partial charge in [-0.15, -0.1) is 0 Å². The second kappa shape index (κ2) is 59.9. The smallest absolute Gasteiger partial charge is 0.306 e. The summed E-state index contributed by atoms with van der Waals surface area (Å²) in [7, 11) is 0. The molecule has 1 saturated heterocycles. The van der Waals surface area contributed by atoms with Gasteiger partial charge in [-0.05, 0) is 122 Å². The molecule has 1 aliphatic rings. The van der Waals surface area contributed by atoms with E-state index in [9.17, 15) is 35.1 Å². The van der Waals surface area contributed by atoms with E-state index in [1.54, 1.807) is 6.08 Å². The van der Waals surface area contributed by atoms with Gasteiger partial charge in [-0.2, -0.15) is 0 Å². The first-order valence-corrected chi connectivity index (χ1v) is 33.6. The molecule has 0 aromatic rings. The maximum atomic E-state index is 13.5. The molecule has 11 nitrogen and oxygen atoms in total. The van der Waals surface area contributed by atoms with Gasteiger partial charge >= 0.3 is 5.97 Å². The van der Waals surface area contributed by atoms with Crippen molar-refractivity contribution >= 4 is 11.9 Å². The molecule has 0 aromatic carbocycles. The summed E-state index contributed by atoms with van der Waals surface area (Å²) in [6.07, 6.45) is 75.9. The van der Waals surface area contributed by atoms with Crippen molar-refractivity contribution in [3.05, 3.63) is 146 Å².